The van der Waals surface area contributed by atoms with Crippen molar-refractivity contribution in [2.75, 3.05) is 6.61 Å². The average Bonchev–Trinajstić information content (AvgIpc) is 2.36. The predicted molar refractivity (Wildman–Crippen MR) is 39.9 cm³/mol. The van der Waals surface area contributed by atoms with E-state index in [1.54, 1.807) is 19.9 Å². The maximum Gasteiger partial charge on any atom is 0.158 e. The molecule has 0 aliphatic heterocycles. The van der Waals surface area contributed by atoms with Gasteiger partial charge in [0.15, 0.2) is 5.76 Å². The summed E-state index contributed by atoms with van der Waals surface area (Å²) in [6.07, 6.45) is 0. The highest BCUT2D eigenvalue weighted by molar-refractivity contribution is 5.12. The van der Waals surface area contributed by atoms with Crippen molar-refractivity contribution in [3.8, 4) is 0 Å². The molecule has 3 N–H and O–H groups in total. The minimum Gasteiger partial charge on any atom is -0.394 e. The Balaban J connectivity index is 2.92. The van der Waals surface area contributed by atoms with Gasteiger partial charge in [-0.1, -0.05) is 5.16 Å². The Hall–Kier alpha value is -0.870. The fourth-order valence-corrected chi connectivity index (χ4v) is 0.711. The van der Waals surface area contributed by atoms with Gasteiger partial charge in [0, 0.05) is 6.07 Å². The van der Waals surface area contributed by atoms with Gasteiger partial charge in [-0.25, -0.2) is 0 Å². The van der Waals surface area contributed by atoms with Crippen molar-refractivity contribution < 1.29 is 9.63 Å². The first-order chi connectivity index (χ1) is 5.06. The fourth-order valence-electron chi connectivity index (χ4n) is 0.711. The van der Waals surface area contributed by atoms with E-state index < -0.39 is 5.54 Å². The van der Waals surface area contributed by atoms with Crippen LogP contribution in [-0.4, -0.2) is 16.9 Å². The molecular formula is C7H12N2O2. The zero-order valence-electron chi connectivity index (χ0n) is 6.66. The maximum absolute atomic E-state index is 8.84. The van der Waals surface area contributed by atoms with Gasteiger partial charge in [-0.2, -0.15) is 0 Å². The van der Waals surface area contributed by atoms with E-state index in [-0.39, 0.29) is 6.61 Å². The van der Waals surface area contributed by atoms with Gasteiger partial charge in [0.2, 0.25) is 0 Å². The second kappa shape index (κ2) is 2.64. The van der Waals surface area contributed by atoms with Crippen molar-refractivity contribution in [2.24, 2.45) is 5.73 Å². The van der Waals surface area contributed by atoms with Crippen LogP contribution in [0.2, 0.25) is 0 Å². The van der Waals surface area contributed by atoms with Crippen molar-refractivity contribution in [3.05, 3.63) is 17.5 Å². The van der Waals surface area contributed by atoms with Gasteiger partial charge in [-0.3, -0.25) is 0 Å². The molecule has 0 radical (unpaired) electrons. The highest BCUT2D eigenvalue weighted by Gasteiger charge is 2.24. The van der Waals surface area contributed by atoms with Gasteiger partial charge < -0.3 is 15.4 Å². The van der Waals surface area contributed by atoms with Crippen LogP contribution in [0.5, 0.6) is 0 Å². The van der Waals surface area contributed by atoms with Crippen LogP contribution in [0.4, 0.5) is 0 Å². The molecule has 0 aliphatic carbocycles. The molecule has 0 spiro atoms. The van der Waals surface area contributed by atoms with Crippen molar-refractivity contribution in [2.45, 2.75) is 19.4 Å². The zero-order chi connectivity index (χ0) is 8.48. The van der Waals surface area contributed by atoms with Crippen molar-refractivity contribution in [1.82, 2.24) is 5.16 Å². The smallest absolute Gasteiger partial charge is 0.158 e. The summed E-state index contributed by atoms with van der Waals surface area (Å²) in [7, 11) is 0. The summed E-state index contributed by atoms with van der Waals surface area (Å²) in [6, 6.07) is 1.72. The lowest BCUT2D eigenvalue weighted by molar-refractivity contribution is 0.178. The van der Waals surface area contributed by atoms with E-state index in [1.807, 2.05) is 0 Å². The van der Waals surface area contributed by atoms with E-state index in [9.17, 15) is 0 Å². The van der Waals surface area contributed by atoms with E-state index in [0.717, 1.165) is 5.69 Å². The first kappa shape index (κ1) is 8.23. The molecule has 11 heavy (non-hydrogen) atoms. The Morgan fingerprint density at radius 2 is 2.45 bits per heavy atom. The van der Waals surface area contributed by atoms with Crippen LogP contribution in [0.25, 0.3) is 0 Å². The van der Waals surface area contributed by atoms with Gasteiger partial charge in [-0.05, 0) is 13.8 Å². The molecule has 4 heteroatoms. The summed E-state index contributed by atoms with van der Waals surface area (Å²) < 4.78 is 4.88. The molecule has 0 fully saturated rings. The van der Waals surface area contributed by atoms with Gasteiger partial charge >= 0.3 is 0 Å². The largest absolute Gasteiger partial charge is 0.394 e. The summed E-state index contributed by atoms with van der Waals surface area (Å²) >= 11 is 0. The van der Waals surface area contributed by atoms with Crippen molar-refractivity contribution in [1.29, 1.82) is 0 Å². The van der Waals surface area contributed by atoms with Crippen molar-refractivity contribution >= 4 is 0 Å². The van der Waals surface area contributed by atoms with Gasteiger partial charge in [0.1, 0.15) is 0 Å². The predicted octanol–water partition coefficient (Wildman–Crippen LogP) is 0.149. The Kier molecular flexibility index (Phi) is 1.97. The number of rotatable bonds is 2. The highest BCUT2D eigenvalue weighted by Crippen LogP contribution is 2.16. The van der Waals surface area contributed by atoms with Crippen LogP contribution < -0.4 is 5.73 Å². The summed E-state index contributed by atoms with van der Waals surface area (Å²) in [5, 5.41) is 12.5. The lowest BCUT2D eigenvalue weighted by Gasteiger charge is -2.16. The Morgan fingerprint density at radius 1 is 1.82 bits per heavy atom. The number of hydrogen-bond acceptors (Lipinski definition) is 4. The molecule has 1 rings (SSSR count). The van der Waals surface area contributed by atoms with Crippen LogP contribution in [0.15, 0.2) is 10.6 Å². The first-order valence-electron chi connectivity index (χ1n) is 3.40. The van der Waals surface area contributed by atoms with Gasteiger partial charge in [0.25, 0.3) is 0 Å². The highest BCUT2D eigenvalue weighted by atomic mass is 16.5. The lowest BCUT2D eigenvalue weighted by atomic mass is 10.0. The Labute approximate surface area is 65.0 Å². The normalized spacial score (nSPS) is 16.4. The molecule has 1 aromatic heterocycles. The van der Waals surface area contributed by atoms with E-state index >= 15 is 0 Å². The molecule has 4 nitrogen and oxygen atoms in total. The molecule has 1 aromatic rings. The third kappa shape index (κ3) is 1.58. The lowest BCUT2D eigenvalue weighted by Crippen LogP contribution is -2.36. The Morgan fingerprint density at radius 3 is 2.82 bits per heavy atom. The number of aromatic nitrogens is 1. The second-order valence-electron chi connectivity index (χ2n) is 2.91. The molecule has 0 saturated carbocycles. The van der Waals surface area contributed by atoms with E-state index in [4.69, 9.17) is 15.4 Å². The molecule has 0 aliphatic rings. The van der Waals surface area contributed by atoms with E-state index in [2.05, 4.69) is 5.16 Å². The minimum atomic E-state index is -0.818. The summed E-state index contributed by atoms with van der Waals surface area (Å²) in [6.45, 7) is 3.34. The minimum absolute atomic E-state index is 0.151. The second-order valence-corrected chi connectivity index (χ2v) is 2.91. The number of aliphatic hydroxyl groups is 1. The van der Waals surface area contributed by atoms with Crippen LogP contribution in [0.3, 0.4) is 0 Å². The quantitative estimate of drug-likeness (QED) is 0.639. The molecule has 0 bridgehead atoms. The third-order valence-electron chi connectivity index (χ3n) is 1.52. The van der Waals surface area contributed by atoms with Crippen LogP contribution in [-0.2, 0) is 5.54 Å². The monoisotopic (exact) mass is 156 g/mol. The molecule has 62 valence electrons. The summed E-state index contributed by atoms with van der Waals surface area (Å²) in [5.41, 5.74) is 5.62. The maximum atomic E-state index is 8.84. The molecule has 0 saturated heterocycles. The molecule has 0 amide bonds. The van der Waals surface area contributed by atoms with Gasteiger partial charge in [0.05, 0.1) is 17.8 Å². The van der Waals surface area contributed by atoms with E-state index in [1.165, 1.54) is 0 Å². The van der Waals surface area contributed by atoms with Crippen LogP contribution >= 0.6 is 0 Å². The standard InChI is InChI=1S/C7H12N2O2/c1-5-3-6(11-9-5)7(2,8)4-10/h3,10H,4,8H2,1-2H3. The molecule has 1 unspecified atom stereocenters. The topological polar surface area (TPSA) is 72.3 Å². The molecule has 1 atom stereocenters. The first-order valence-corrected chi connectivity index (χ1v) is 3.40. The summed E-state index contributed by atoms with van der Waals surface area (Å²) in [4.78, 5) is 0. The SMILES string of the molecule is Cc1cc(C(C)(N)CO)on1. The average molecular weight is 156 g/mol. The number of nitrogens with zero attached hydrogens (tertiary/aromatic N) is 1. The number of aliphatic hydroxyl groups excluding tert-OH is 1. The molecular weight excluding hydrogens is 144 g/mol. The summed E-state index contributed by atoms with van der Waals surface area (Å²) in [5.74, 6) is 0.512. The number of aryl methyl sites for hydroxylation is 1. The third-order valence-corrected chi connectivity index (χ3v) is 1.52. The fraction of sp³-hybridized carbons (Fsp3) is 0.571. The van der Waals surface area contributed by atoms with E-state index in [0.29, 0.717) is 5.76 Å². The zero-order valence-corrected chi connectivity index (χ0v) is 6.66. The molecule has 0 aromatic carbocycles. The van der Waals surface area contributed by atoms with Gasteiger partial charge in [-0.15, -0.1) is 0 Å². The van der Waals surface area contributed by atoms with Crippen LogP contribution in [0.1, 0.15) is 18.4 Å². The Bertz CT molecular complexity index is 242. The number of hydrogen-bond donors (Lipinski definition) is 2. The molecule has 1 heterocycles. The number of nitrogens with two attached hydrogens (primary N) is 1. The van der Waals surface area contributed by atoms with Crippen molar-refractivity contribution in [3.63, 3.8) is 0 Å². The van der Waals surface area contributed by atoms with Crippen LogP contribution in [0, 0.1) is 6.92 Å².